The predicted octanol–water partition coefficient (Wildman–Crippen LogP) is 1.64. The average molecular weight is 384 g/mol. The molecule has 8 unspecified atom stereocenters. The van der Waals surface area contributed by atoms with Crippen molar-refractivity contribution >= 4 is 23.5 Å². The molecular weight excluding hydrogens is 354 g/mol. The molecule has 2 aliphatic heterocycles. The quantitative estimate of drug-likeness (QED) is 0.717. The maximum atomic E-state index is 13.4. The lowest BCUT2D eigenvalue weighted by Gasteiger charge is -2.44. The van der Waals surface area contributed by atoms with Crippen molar-refractivity contribution in [1.29, 1.82) is 0 Å². The maximum Gasteiger partial charge on any atom is 0.336 e. The highest BCUT2D eigenvalue weighted by Crippen LogP contribution is 2.45. The minimum atomic E-state index is -0.862. The first-order chi connectivity index (χ1) is 12.6. The Morgan fingerprint density at radius 1 is 1.31 bits per heavy atom. The molecule has 0 spiro atoms. The Kier molecular flexibility index (Phi) is 5.60. The van der Waals surface area contributed by atoms with Crippen molar-refractivity contribution in [2.45, 2.75) is 86.8 Å². The van der Waals surface area contributed by atoms with Gasteiger partial charge in [-0.3, -0.25) is 4.79 Å². The molecule has 146 valence electrons. The van der Waals surface area contributed by atoms with Crippen LogP contribution in [-0.2, 0) is 19.1 Å². The van der Waals surface area contributed by atoms with Gasteiger partial charge in [0.25, 0.3) is 0 Å². The van der Waals surface area contributed by atoms with Gasteiger partial charge >= 0.3 is 5.97 Å². The second-order valence-electron chi connectivity index (χ2n) is 8.00. The van der Waals surface area contributed by atoms with E-state index in [1.807, 2.05) is 11.8 Å². The zero-order valence-corrected chi connectivity index (χ0v) is 16.1. The fourth-order valence-corrected chi connectivity index (χ4v) is 6.85. The van der Waals surface area contributed by atoms with E-state index in [0.717, 1.165) is 6.42 Å². The Hall–Kier alpha value is -0.630. The standard InChI is InChI=1S/C19H29NO5S/c1-2-24-19(23)17-15(18-20-12-5-3-4-6-14(12)26-18)16(22)11-8-7-10(21)9-13(11)25-17/h10-15,17-18,20-21H,2-9H2,1H3. The maximum absolute atomic E-state index is 13.4. The normalized spacial score (nSPS) is 45.7. The highest BCUT2D eigenvalue weighted by atomic mass is 32.2. The van der Waals surface area contributed by atoms with Gasteiger partial charge in [-0.2, -0.15) is 0 Å². The van der Waals surface area contributed by atoms with Crippen LogP contribution in [0.15, 0.2) is 0 Å². The van der Waals surface area contributed by atoms with E-state index in [1.165, 1.54) is 19.3 Å². The average Bonchev–Trinajstić information content (AvgIpc) is 3.05. The Balaban J connectivity index is 1.57. The molecule has 2 saturated carbocycles. The van der Waals surface area contributed by atoms with Crippen LogP contribution in [0.5, 0.6) is 0 Å². The van der Waals surface area contributed by atoms with E-state index in [0.29, 0.717) is 30.6 Å². The van der Waals surface area contributed by atoms with Crippen LogP contribution in [0.1, 0.15) is 51.9 Å². The van der Waals surface area contributed by atoms with Gasteiger partial charge < -0.3 is 19.9 Å². The second-order valence-corrected chi connectivity index (χ2v) is 9.39. The van der Waals surface area contributed by atoms with Crippen LogP contribution in [0, 0.1) is 11.8 Å². The summed E-state index contributed by atoms with van der Waals surface area (Å²) in [4.78, 5) is 25.9. The topological polar surface area (TPSA) is 84.9 Å². The Morgan fingerprint density at radius 2 is 2.12 bits per heavy atom. The van der Waals surface area contributed by atoms with E-state index >= 15 is 0 Å². The number of carbonyl (C=O) groups is 2. The zero-order chi connectivity index (χ0) is 18.3. The zero-order valence-electron chi connectivity index (χ0n) is 15.3. The summed E-state index contributed by atoms with van der Waals surface area (Å²) in [7, 11) is 0. The molecule has 4 aliphatic rings. The lowest BCUT2D eigenvalue weighted by molar-refractivity contribution is -0.190. The number of fused-ring (bicyclic) bond motifs is 2. The number of aliphatic hydroxyl groups excluding tert-OH is 1. The summed E-state index contributed by atoms with van der Waals surface area (Å²) in [5.74, 6) is -1.03. The molecule has 8 atom stereocenters. The van der Waals surface area contributed by atoms with Crippen molar-refractivity contribution in [1.82, 2.24) is 5.32 Å². The van der Waals surface area contributed by atoms with E-state index < -0.39 is 24.1 Å². The van der Waals surface area contributed by atoms with Crippen LogP contribution in [0.4, 0.5) is 0 Å². The summed E-state index contributed by atoms with van der Waals surface area (Å²) in [5.41, 5.74) is 0. The van der Waals surface area contributed by atoms with Crippen molar-refractivity contribution < 1.29 is 24.2 Å². The predicted molar refractivity (Wildman–Crippen MR) is 97.7 cm³/mol. The van der Waals surface area contributed by atoms with Crippen molar-refractivity contribution in [3.05, 3.63) is 0 Å². The third kappa shape index (κ3) is 3.43. The Labute approximate surface area is 158 Å². The first-order valence-corrected chi connectivity index (χ1v) is 11.0. The van der Waals surface area contributed by atoms with Crippen LogP contribution >= 0.6 is 11.8 Å². The number of aliphatic hydroxyl groups is 1. The summed E-state index contributed by atoms with van der Waals surface area (Å²) >= 11 is 1.81. The molecule has 26 heavy (non-hydrogen) atoms. The Morgan fingerprint density at radius 3 is 2.88 bits per heavy atom. The first kappa shape index (κ1) is 18.7. The SMILES string of the molecule is CCOC(=O)C1OC2CC(O)CCC2C(=O)C1C1NC2CCCCC2S1. The minimum Gasteiger partial charge on any atom is -0.464 e. The van der Waals surface area contributed by atoms with E-state index in [1.54, 1.807) is 6.92 Å². The van der Waals surface area contributed by atoms with Gasteiger partial charge in [0.1, 0.15) is 5.78 Å². The molecule has 0 aromatic heterocycles. The highest BCUT2D eigenvalue weighted by Gasteiger charge is 2.55. The molecule has 0 radical (unpaired) electrons. The molecule has 2 aliphatic carbocycles. The lowest BCUT2D eigenvalue weighted by atomic mass is 9.74. The number of hydrogen-bond donors (Lipinski definition) is 2. The number of esters is 1. The van der Waals surface area contributed by atoms with Gasteiger partial charge in [0.15, 0.2) is 6.10 Å². The summed E-state index contributed by atoms with van der Waals surface area (Å²) in [6.07, 6.45) is 4.78. The van der Waals surface area contributed by atoms with E-state index in [-0.39, 0.29) is 29.8 Å². The smallest absolute Gasteiger partial charge is 0.336 e. The minimum absolute atomic E-state index is 0.0854. The lowest BCUT2D eigenvalue weighted by Crippen LogP contribution is -2.58. The van der Waals surface area contributed by atoms with Crippen molar-refractivity contribution in [2.24, 2.45) is 11.8 Å². The number of nitrogens with one attached hydrogen (secondary N) is 1. The van der Waals surface area contributed by atoms with Crippen LogP contribution in [0.25, 0.3) is 0 Å². The molecule has 2 heterocycles. The van der Waals surface area contributed by atoms with E-state index in [2.05, 4.69) is 5.32 Å². The molecule has 0 bridgehead atoms. The van der Waals surface area contributed by atoms with Crippen LogP contribution in [-0.4, -0.2) is 58.4 Å². The number of Topliss-reactive ketones (excluding diaryl/α,β-unsaturated/α-hetero) is 1. The number of carbonyl (C=O) groups excluding carboxylic acids is 2. The van der Waals surface area contributed by atoms with Crippen molar-refractivity contribution in [3.8, 4) is 0 Å². The van der Waals surface area contributed by atoms with Gasteiger partial charge in [-0.25, -0.2) is 4.79 Å². The third-order valence-electron chi connectivity index (χ3n) is 6.35. The second kappa shape index (κ2) is 7.78. The molecular formula is C19H29NO5S. The van der Waals surface area contributed by atoms with Gasteiger partial charge in [0, 0.05) is 23.6 Å². The number of rotatable bonds is 3. The van der Waals surface area contributed by atoms with Crippen molar-refractivity contribution in [2.75, 3.05) is 6.61 Å². The molecule has 4 fully saturated rings. The molecule has 0 aromatic carbocycles. The van der Waals surface area contributed by atoms with E-state index in [4.69, 9.17) is 9.47 Å². The molecule has 2 saturated heterocycles. The summed E-state index contributed by atoms with van der Waals surface area (Å²) in [6, 6.07) is 0.431. The number of thioether (sulfide) groups is 1. The number of ether oxygens (including phenoxy) is 2. The number of ketones is 1. The third-order valence-corrected chi connectivity index (χ3v) is 7.99. The van der Waals surface area contributed by atoms with Gasteiger partial charge in [-0.05, 0) is 32.6 Å². The van der Waals surface area contributed by atoms with Gasteiger partial charge in [-0.1, -0.05) is 12.8 Å². The van der Waals surface area contributed by atoms with Gasteiger partial charge in [0.05, 0.1) is 30.1 Å². The molecule has 7 heteroatoms. The number of hydrogen-bond acceptors (Lipinski definition) is 7. The monoisotopic (exact) mass is 383 g/mol. The molecule has 0 aromatic rings. The van der Waals surface area contributed by atoms with E-state index in [9.17, 15) is 14.7 Å². The molecule has 6 nitrogen and oxygen atoms in total. The Bertz CT molecular complexity index is 544. The van der Waals surface area contributed by atoms with Crippen molar-refractivity contribution in [3.63, 3.8) is 0 Å². The molecule has 0 amide bonds. The highest BCUT2D eigenvalue weighted by molar-refractivity contribution is 8.00. The summed E-state index contributed by atoms with van der Waals surface area (Å²) in [5, 5.41) is 14.0. The fourth-order valence-electron chi connectivity index (χ4n) is 5.07. The summed E-state index contributed by atoms with van der Waals surface area (Å²) < 4.78 is 11.3. The van der Waals surface area contributed by atoms with Gasteiger partial charge in [0.2, 0.25) is 0 Å². The van der Waals surface area contributed by atoms with Gasteiger partial charge in [-0.15, -0.1) is 11.8 Å². The first-order valence-electron chi connectivity index (χ1n) is 10.0. The van der Waals surface area contributed by atoms with Crippen LogP contribution in [0.2, 0.25) is 0 Å². The fraction of sp³-hybridized carbons (Fsp3) is 0.895. The molecule has 4 rings (SSSR count). The van der Waals surface area contributed by atoms with Crippen LogP contribution < -0.4 is 5.32 Å². The van der Waals surface area contributed by atoms with Crippen LogP contribution in [0.3, 0.4) is 0 Å². The largest absolute Gasteiger partial charge is 0.464 e. The molecule has 2 N–H and O–H groups in total. The summed E-state index contributed by atoms with van der Waals surface area (Å²) in [6.45, 7) is 2.04.